The summed E-state index contributed by atoms with van der Waals surface area (Å²) in [7, 11) is 1.52. The summed E-state index contributed by atoms with van der Waals surface area (Å²) < 4.78 is 21.1. The van der Waals surface area contributed by atoms with Gasteiger partial charge in [-0.3, -0.25) is 4.79 Å². The fourth-order valence-electron chi connectivity index (χ4n) is 4.97. The number of nitrogens with one attached hydrogen (secondary N) is 3. The number of alkyl carbamates (subject to hydrolysis) is 1. The lowest BCUT2D eigenvalue weighted by Gasteiger charge is -2.33. The lowest BCUT2D eigenvalue weighted by atomic mass is 9.89. The Morgan fingerprint density at radius 1 is 1.08 bits per heavy atom. The summed E-state index contributed by atoms with van der Waals surface area (Å²) in [5, 5.41) is 8.28. The molecular formula is C25H35N3O8. The Balaban J connectivity index is 1.86. The number of hydrogen-bond acceptors (Lipinski definition) is 8. The average Bonchev–Trinajstić information content (AvgIpc) is 3.46. The average molecular weight is 506 g/mol. The Bertz CT molecular complexity index is 1010. The molecule has 5 unspecified atom stereocenters. The Hall–Kier alpha value is -3.50. The molecule has 11 heteroatoms. The molecule has 2 aliphatic rings. The first-order chi connectivity index (χ1) is 17.0. The molecule has 1 aromatic carbocycles. The number of urea groups is 1. The maximum absolute atomic E-state index is 13.2. The van der Waals surface area contributed by atoms with Crippen LogP contribution in [0.15, 0.2) is 24.3 Å². The highest BCUT2D eigenvalue weighted by Crippen LogP contribution is 2.63. The molecule has 2 aliphatic carbocycles. The minimum Gasteiger partial charge on any atom is -0.497 e. The van der Waals surface area contributed by atoms with Gasteiger partial charge in [0, 0.05) is 30.1 Å². The molecule has 2 saturated carbocycles. The van der Waals surface area contributed by atoms with Crippen molar-refractivity contribution in [2.24, 2.45) is 17.8 Å². The maximum atomic E-state index is 13.2. The Kier molecular flexibility index (Phi) is 8.00. The summed E-state index contributed by atoms with van der Waals surface area (Å²) in [5.41, 5.74) is -1.87. The predicted octanol–water partition coefficient (Wildman–Crippen LogP) is 2.84. The van der Waals surface area contributed by atoms with E-state index in [-0.39, 0.29) is 19.6 Å². The van der Waals surface area contributed by atoms with Crippen LogP contribution >= 0.6 is 0 Å². The van der Waals surface area contributed by atoms with Crippen LogP contribution in [0.2, 0.25) is 0 Å². The first-order valence-corrected chi connectivity index (χ1v) is 12.0. The number of amides is 3. The Morgan fingerprint density at radius 3 is 2.39 bits per heavy atom. The van der Waals surface area contributed by atoms with Crippen LogP contribution in [0.25, 0.3) is 0 Å². The van der Waals surface area contributed by atoms with E-state index >= 15 is 0 Å². The van der Waals surface area contributed by atoms with E-state index in [0.717, 1.165) is 0 Å². The van der Waals surface area contributed by atoms with Gasteiger partial charge in [-0.25, -0.2) is 14.4 Å². The molecule has 198 valence electrons. The van der Waals surface area contributed by atoms with Gasteiger partial charge < -0.3 is 34.9 Å². The van der Waals surface area contributed by atoms with Gasteiger partial charge in [-0.2, -0.15) is 0 Å². The van der Waals surface area contributed by atoms with E-state index in [2.05, 4.69) is 16.0 Å². The number of benzene rings is 1. The second-order valence-corrected chi connectivity index (χ2v) is 9.84. The highest BCUT2D eigenvalue weighted by Gasteiger charge is 2.76. The van der Waals surface area contributed by atoms with Gasteiger partial charge in [-0.15, -0.1) is 0 Å². The fourth-order valence-corrected chi connectivity index (χ4v) is 4.97. The van der Waals surface area contributed by atoms with Crippen molar-refractivity contribution in [1.82, 2.24) is 10.6 Å². The van der Waals surface area contributed by atoms with Crippen LogP contribution in [0.3, 0.4) is 0 Å². The number of carbonyl (C=O) groups excluding carboxylic acids is 4. The molecule has 5 atom stereocenters. The van der Waals surface area contributed by atoms with Gasteiger partial charge in [0.15, 0.2) is 0 Å². The van der Waals surface area contributed by atoms with E-state index in [1.165, 1.54) is 7.11 Å². The molecule has 0 saturated heterocycles. The lowest BCUT2D eigenvalue weighted by Crippen LogP contribution is -2.59. The first kappa shape index (κ1) is 27.1. The van der Waals surface area contributed by atoms with Crippen LogP contribution in [-0.2, 0) is 23.8 Å². The van der Waals surface area contributed by atoms with Crippen molar-refractivity contribution in [3.05, 3.63) is 24.3 Å². The molecule has 3 rings (SSSR count). The molecule has 11 nitrogen and oxygen atoms in total. The maximum Gasteiger partial charge on any atom is 0.408 e. The molecule has 0 aromatic heterocycles. The predicted molar refractivity (Wildman–Crippen MR) is 129 cm³/mol. The van der Waals surface area contributed by atoms with Crippen LogP contribution in [-0.4, -0.2) is 61.6 Å². The molecule has 3 amide bonds. The van der Waals surface area contributed by atoms with Crippen LogP contribution in [0.4, 0.5) is 15.3 Å². The topological polar surface area (TPSA) is 141 Å². The molecule has 0 bridgehead atoms. The number of hydrogen-bond donors (Lipinski definition) is 3. The van der Waals surface area contributed by atoms with Crippen LogP contribution in [0, 0.1) is 17.8 Å². The van der Waals surface area contributed by atoms with Crippen molar-refractivity contribution in [3.63, 3.8) is 0 Å². The molecule has 0 radical (unpaired) electrons. The third kappa shape index (κ3) is 5.83. The molecular weight excluding hydrogens is 470 g/mol. The molecule has 0 spiro atoms. The minimum atomic E-state index is -1.56. The molecule has 0 aliphatic heterocycles. The van der Waals surface area contributed by atoms with E-state index < -0.39 is 59.0 Å². The number of rotatable bonds is 8. The number of carbonyl (C=O) groups is 4. The van der Waals surface area contributed by atoms with Gasteiger partial charge in [0.2, 0.25) is 0 Å². The molecule has 36 heavy (non-hydrogen) atoms. The highest BCUT2D eigenvalue weighted by atomic mass is 16.6. The summed E-state index contributed by atoms with van der Waals surface area (Å²) >= 11 is 0. The smallest absolute Gasteiger partial charge is 0.408 e. The third-order valence-electron chi connectivity index (χ3n) is 6.22. The van der Waals surface area contributed by atoms with Crippen molar-refractivity contribution >= 4 is 29.8 Å². The van der Waals surface area contributed by atoms with E-state index in [1.807, 2.05) is 0 Å². The van der Waals surface area contributed by atoms with E-state index in [4.69, 9.17) is 18.9 Å². The first-order valence-electron chi connectivity index (χ1n) is 12.0. The van der Waals surface area contributed by atoms with Crippen molar-refractivity contribution in [3.8, 4) is 5.75 Å². The molecule has 3 N–H and O–H groups in total. The molecule has 0 heterocycles. The van der Waals surface area contributed by atoms with Gasteiger partial charge in [0.05, 0.1) is 26.2 Å². The summed E-state index contributed by atoms with van der Waals surface area (Å²) in [6, 6.07) is 5.68. The zero-order chi connectivity index (χ0) is 26.7. The van der Waals surface area contributed by atoms with E-state index in [0.29, 0.717) is 11.4 Å². The third-order valence-corrected chi connectivity index (χ3v) is 6.22. The Morgan fingerprint density at radius 2 is 1.78 bits per heavy atom. The quantitative estimate of drug-likeness (QED) is 0.362. The van der Waals surface area contributed by atoms with Gasteiger partial charge in [0.1, 0.15) is 16.9 Å². The number of esters is 2. The normalized spacial score (nSPS) is 26.2. The summed E-state index contributed by atoms with van der Waals surface area (Å²) in [6.45, 7) is 8.68. The second-order valence-electron chi connectivity index (χ2n) is 9.84. The lowest BCUT2D eigenvalue weighted by molar-refractivity contribution is -0.153. The zero-order valence-corrected chi connectivity index (χ0v) is 21.5. The molecule has 2 fully saturated rings. The zero-order valence-electron chi connectivity index (χ0n) is 21.5. The van der Waals surface area contributed by atoms with Crippen LogP contribution in [0.5, 0.6) is 5.75 Å². The summed E-state index contributed by atoms with van der Waals surface area (Å²) in [6.07, 6.45) is -0.785. The van der Waals surface area contributed by atoms with E-state index in [1.54, 1.807) is 58.9 Å². The minimum absolute atomic E-state index is 0.0296. The van der Waals surface area contributed by atoms with Gasteiger partial charge in [-0.05, 0) is 52.7 Å². The van der Waals surface area contributed by atoms with Crippen LogP contribution in [0.1, 0.15) is 41.0 Å². The Labute approximate surface area is 210 Å². The standard InChI is InChI=1S/C25H35N3O8/c1-7-34-20(29)18-17-16(27-22(31)26-14-10-9-11-15(12-14)33-6)13-25(19(17)18,21(30)35-8-2)28-23(32)36-24(3,4)5/h9-12,16-19H,7-8,13H2,1-6H3,(H,28,32)(H2,26,27,31). The van der Waals surface area contributed by atoms with E-state index in [9.17, 15) is 19.2 Å². The van der Waals surface area contributed by atoms with Crippen molar-refractivity contribution < 1.29 is 38.1 Å². The number of anilines is 1. The van der Waals surface area contributed by atoms with Gasteiger partial charge in [0.25, 0.3) is 0 Å². The van der Waals surface area contributed by atoms with Crippen molar-refractivity contribution in [1.29, 1.82) is 0 Å². The fraction of sp³-hybridized carbons (Fsp3) is 0.600. The van der Waals surface area contributed by atoms with Crippen LogP contribution < -0.4 is 20.7 Å². The van der Waals surface area contributed by atoms with Gasteiger partial charge >= 0.3 is 24.1 Å². The number of fused-ring (bicyclic) bond motifs is 1. The monoisotopic (exact) mass is 505 g/mol. The second kappa shape index (κ2) is 10.6. The summed E-state index contributed by atoms with van der Waals surface area (Å²) in [4.78, 5) is 51.6. The number of ether oxygens (including phenoxy) is 4. The SMILES string of the molecule is CCOC(=O)C1C2C(NC(=O)Nc3cccc(OC)c3)CC(NC(=O)OC(C)(C)C)(C(=O)OCC)C12. The van der Waals surface area contributed by atoms with Crippen molar-refractivity contribution in [2.45, 2.75) is 58.2 Å². The summed E-state index contributed by atoms with van der Waals surface area (Å²) in [5.74, 6) is -2.35. The molecule has 1 aromatic rings. The van der Waals surface area contributed by atoms with Gasteiger partial charge in [-0.1, -0.05) is 6.07 Å². The van der Waals surface area contributed by atoms with Crippen molar-refractivity contribution in [2.75, 3.05) is 25.6 Å². The largest absolute Gasteiger partial charge is 0.497 e. The highest BCUT2D eigenvalue weighted by molar-refractivity contribution is 5.93. The number of methoxy groups -OCH3 is 1.